The topological polar surface area (TPSA) is 113 Å². The highest BCUT2D eigenvalue weighted by atomic mass is 35.5. The van der Waals surface area contributed by atoms with Gasteiger partial charge in [-0.05, 0) is 45.9 Å². The summed E-state index contributed by atoms with van der Waals surface area (Å²) in [5.41, 5.74) is 1.00. The van der Waals surface area contributed by atoms with Crippen molar-refractivity contribution in [2.24, 2.45) is 4.99 Å². The van der Waals surface area contributed by atoms with Crippen molar-refractivity contribution in [1.29, 1.82) is 0 Å². The highest BCUT2D eigenvalue weighted by Crippen LogP contribution is 2.36. The lowest BCUT2D eigenvalue weighted by Gasteiger charge is -2.26. The minimum absolute atomic E-state index is 0.149. The first-order valence-electron chi connectivity index (χ1n) is 11.5. The first kappa shape index (κ1) is 26.3. The quantitative estimate of drug-likeness (QED) is 0.252. The monoisotopic (exact) mass is 541 g/mol. The third kappa shape index (κ3) is 5.21. The van der Waals surface area contributed by atoms with Gasteiger partial charge >= 0.3 is 5.97 Å². The van der Waals surface area contributed by atoms with Crippen LogP contribution in [-0.2, 0) is 9.53 Å². The molecule has 11 heteroatoms. The van der Waals surface area contributed by atoms with Gasteiger partial charge in [-0.15, -0.1) is 0 Å². The van der Waals surface area contributed by atoms with Gasteiger partial charge in [0.15, 0.2) is 4.80 Å². The molecule has 0 radical (unpaired) electrons. The van der Waals surface area contributed by atoms with E-state index in [1.807, 2.05) is 19.9 Å². The Morgan fingerprint density at radius 3 is 2.70 bits per heavy atom. The van der Waals surface area contributed by atoms with Gasteiger partial charge in [-0.1, -0.05) is 41.1 Å². The van der Waals surface area contributed by atoms with Gasteiger partial charge in [0, 0.05) is 28.3 Å². The van der Waals surface area contributed by atoms with Crippen LogP contribution in [0, 0.1) is 10.1 Å². The minimum atomic E-state index is -0.854. The molecule has 0 saturated carbocycles. The summed E-state index contributed by atoms with van der Waals surface area (Å²) in [6.07, 6.45) is 1.35. The molecule has 1 aliphatic rings. The first-order valence-corrected chi connectivity index (χ1v) is 12.7. The molecule has 1 aliphatic heterocycles. The number of carbonyl (C=O) groups is 1. The van der Waals surface area contributed by atoms with E-state index in [0.29, 0.717) is 27.4 Å². The summed E-state index contributed by atoms with van der Waals surface area (Å²) in [6.45, 7) is 7.33. The second-order valence-electron chi connectivity index (χ2n) is 8.47. The molecule has 0 N–H and O–H groups in total. The molecule has 2 heterocycles. The Morgan fingerprint density at radius 1 is 1.30 bits per heavy atom. The summed E-state index contributed by atoms with van der Waals surface area (Å²) in [5.74, 6) is -0.0561. The van der Waals surface area contributed by atoms with E-state index in [4.69, 9.17) is 21.1 Å². The van der Waals surface area contributed by atoms with Gasteiger partial charge in [-0.3, -0.25) is 19.5 Å². The van der Waals surface area contributed by atoms with Crippen LogP contribution in [0.5, 0.6) is 5.75 Å². The van der Waals surface area contributed by atoms with Crippen molar-refractivity contribution >= 4 is 40.7 Å². The SMILES string of the molecule is CCOC(=O)C1=C(C)N=c2s/c(=C/c3cc([N+](=O)[O-])ccc3Cl)c(=O)n2[C@H]1c1ccccc1OC(C)C. The van der Waals surface area contributed by atoms with Crippen LogP contribution in [0.4, 0.5) is 5.69 Å². The zero-order valence-corrected chi connectivity index (χ0v) is 22.1. The van der Waals surface area contributed by atoms with Crippen LogP contribution in [-0.4, -0.2) is 28.2 Å². The van der Waals surface area contributed by atoms with E-state index >= 15 is 0 Å². The average Bonchev–Trinajstić information content (AvgIpc) is 3.14. The van der Waals surface area contributed by atoms with Crippen molar-refractivity contribution in [2.45, 2.75) is 39.8 Å². The predicted octanol–water partition coefficient (Wildman–Crippen LogP) is 4.15. The molecule has 9 nitrogen and oxygen atoms in total. The summed E-state index contributed by atoms with van der Waals surface area (Å²) in [4.78, 5) is 42.5. The molecule has 2 aromatic carbocycles. The molecule has 0 saturated heterocycles. The van der Waals surface area contributed by atoms with Crippen molar-refractivity contribution in [3.8, 4) is 5.75 Å². The molecule has 4 rings (SSSR count). The number of carbonyl (C=O) groups excluding carboxylic acids is 1. The van der Waals surface area contributed by atoms with Gasteiger partial charge in [-0.25, -0.2) is 9.79 Å². The molecule has 0 unspecified atom stereocenters. The van der Waals surface area contributed by atoms with E-state index in [1.54, 1.807) is 32.0 Å². The molecule has 3 aromatic rings. The standard InChI is InChI=1S/C26H24ClN3O6S/c1-5-35-25(32)22-15(4)28-26-29(23(22)18-8-6-7-9-20(18)36-14(2)3)24(31)21(37-26)13-16-12-17(30(33)34)10-11-19(16)27/h6-14,23H,5H2,1-4H3/b21-13+/t23-/m0/s1. The van der Waals surface area contributed by atoms with Crippen molar-refractivity contribution in [3.63, 3.8) is 0 Å². The van der Waals surface area contributed by atoms with E-state index in [1.165, 1.54) is 28.8 Å². The third-order valence-electron chi connectivity index (χ3n) is 5.57. The largest absolute Gasteiger partial charge is 0.491 e. The number of allylic oxidation sites excluding steroid dienone is 1. The van der Waals surface area contributed by atoms with E-state index in [2.05, 4.69) is 4.99 Å². The number of hydrogen-bond acceptors (Lipinski definition) is 8. The number of benzene rings is 2. The number of hydrogen-bond donors (Lipinski definition) is 0. The number of halogens is 1. The van der Waals surface area contributed by atoms with E-state index in [-0.39, 0.29) is 33.5 Å². The van der Waals surface area contributed by atoms with Gasteiger partial charge in [0.2, 0.25) is 0 Å². The number of ether oxygens (including phenoxy) is 2. The summed E-state index contributed by atoms with van der Waals surface area (Å²) in [6, 6.07) is 10.4. The highest BCUT2D eigenvalue weighted by molar-refractivity contribution is 7.07. The lowest BCUT2D eigenvalue weighted by Crippen LogP contribution is -2.40. The molecule has 0 bridgehead atoms. The van der Waals surface area contributed by atoms with Crippen molar-refractivity contribution in [1.82, 2.24) is 4.57 Å². The molecular weight excluding hydrogens is 518 g/mol. The van der Waals surface area contributed by atoms with E-state index < -0.39 is 22.5 Å². The lowest BCUT2D eigenvalue weighted by molar-refractivity contribution is -0.384. The van der Waals surface area contributed by atoms with E-state index in [0.717, 1.165) is 11.3 Å². The van der Waals surface area contributed by atoms with Crippen LogP contribution < -0.4 is 19.6 Å². The number of aromatic nitrogens is 1. The Morgan fingerprint density at radius 2 is 2.03 bits per heavy atom. The number of nitro benzene ring substituents is 1. The Hall–Kier alpha value is -3.76. The first-order chi connectivity index (χ1) is 17.6. The normalized spacial score (nSPS) is 15.4. The number of esters is 1. The van der Waals surface area contributed by atoms with Gasteiger partial charge in [0.05, 0.1) is 33.4 Å². The molecule has 1 aromatic heterocycles. The Balaban J connectivity index is 1.99. The molecule has 0 amide bonds. The number of non-ortho nitro benzene ring substituents is 1. The Bertz CT molecular complexity index is 1600. The molecule has 1 atom stereocenters. The van der Waals surface area contributed by atoms with Crippen LogP contribution in [0.1, 0.15) is 44.9 Å². The van der Waals surface area contributed by atoms with Crippen LogP contribution >= 0.6 is 22.9 Å². The van der Waals surface area contributed by atoms with Gasteiger partial charge < -0.3 is 9.47 Å². The van der Waals surface area contributed by atoms with Gasteiger partial charge in [-0.2, -0.15) is 0 Å². The lowest BCUT2D eigenvalue weighted by atomic mass is 9.95. The van der Waals surface area contributed by atoms with Crippen LogP contribution in [0.3, 0.4) is 0 Å². The van der Waals surface area contributed by atoms with Gasteiger partial charge in [0.1, 0.15) is 11.8 Å². The maximum absolute atomic E-state index is 13.8. The Labute approximate surface area is 221 Å². The summed E-state index contributed by atoms with van der Waals surface area (Å²) >= 11 is 7.38. The van der Waals surface area contributed by atoms with Crippen LogP contribution in [0.25, 0.3) is 6.08 Å². The smallest absolute Gasteiger partial charge is 0.338 e. The fourth-order valence-corrected chi connectivity index (χ4v) is 5.26. The number of nitro groups is 1. The predicted molar refractivity (Wildman–Crippen MR) is 141 cm³/mol. The molecular formula is C26H24ClN3O6S. The fourth-order valence-electron chi connectivity index (χ4n) is 4.05. The zero-order valence-electron chi connectivity index (χ0n) is 20.6. The summed E-state index contributed by atoms with van der Waals surface area (Å²) in [5, 5.41) is 11.5. The number of rotatable bonds is 7. The highest BCUT2D eigenvalue weighted by Gasteiger charge is 2.35. The van der Waals surface area contributed by atoms with E-state index in [9.17, 15) is 19.7 Å². The number of para-hydroxylation sites is 1. The number of thiazole rings is 1. The number of fused-ring (bicyclic) bond motifs is 1. The van der Waals surface area contributed by atoms with Crippen LogP contribution in [0.2, 0.25) is 5.02 Å². The molecule has 37 heavy (non-hydrogen) atoms. The molecule has 192 valence electrons. The van der Waals surface area contributed by atoms with Crippen molar-refractivity contribution < 1.29 is 19.2 Å². The average molecular weight is 542 g/mol. The van der Waals surface area contributed by atoms with Crippen molar-refractivity contribution in [3.05, 3.63) is 99.7 Å². The minimum Gasteiger partial charge on any atom is -0.491 e. The second-order valence-corrected chi connectivity index (χ2v) is 9.89. The maximum Gasteiger partial charge on any atom is 0.338 e. The summed E-state index contributed by atoms with van der Waals surface area (Å²) < 4.78 is 13.0. The number of nitrogens with zero attached hydrogens (tertiary/aromatic N) is 3. The van der Waals surface area contributed by atoms with Crippen LogP contribution in [0.15, 0.2) is 63.5 Å². The summed E-state index contributed by atoms with van der Waals surface area (Å²) in [7, 11) is 0. The second kappa shape index (κ2) is 10.7. The Kier molecular flexibility index (Phi) is 7.60. The molecule has 0 aliphatic carbocycles. The molecule has 0 fully saturated rings. The van der Waals surface area contributed by atoms with Gasteiger partial charge in [0.25, 0.3) is 11.2 Å². The zero-order chi connectivity index (χ0) is 26.9. The molecule has 0 spiro atoms. The van der Waals surface area contributed by atoms with Crippen molar-refractivity contribution in [2.75, 3.05) is 6.61 Å². The third-order valence-corrected chi connectivity index (χ3v) is 6.90. The maximum atomic E-state index is 13.8. The fraction of sp³-hybridized carbons (Fsp3) is 0.269.